The average Bonchev–Trinajstić information content (AvgIpc) is 2.94. The van der Waals surface area contributed by atoms with Gasteiger partial charge >= 0.3 is 0 Å². The van der Waals surface area contributed by atoms with Crippen LogP contribution >= 0.6 is 0 Å². The number of para-hydroxylation sites is 1. The zero-order chi connectivity index (χ0) is 18.5. The lowest BCUT2D eigenvalue weighted by Gasteiger charge is -2.06. The Labute approximate surface area is 153 Å². The standard InChI is InChI=1S/C20H24N6/c1-14-19(15(2)26(25-14)11-6-4-3-5-10-21)18-13-23-17-9-7-8-16(12-22)20(17)24-18/h7-9,13H,3-6,10-11,21H2,1-2H3. The van der Waals surface area contributed by atoms with Crippen molar-refractivity contribution in [2.75, 3.05) is 6.54 Å². The van der Waals surface area contributed by atoms with Crippen LogP contribution in [-0.4, -0.2) is 26.3 Å². The molecule has 0 fully saturated rings. The molecule has 0 aliphatic heterocycles. The van der Waals surface area contributed by atoms with Crippen LogP contribution in [0.25, 0.3) is 22.3 Å². The molecule has 0 aliphatic carbocycles. The van der Waals surface area contributed by atoms with Gasteiger partial charge in [-0.3, -0.25) is 9.67 Å². The van der Waals surface area contributed by atoms with E-state index in [1.165, 1.54) is 0 Å². The Bertz CT molecular complexity index is 951. The highest BCUT2D eigenvalue weighted by molar-refractivity contribution is 5.83. The van der Waals surface area contributed by atoms with Gasteiger partial charge in [-0.25, -0.2) is 4.98 Å². The molecule has 2 heterocycles. The number of fused-ring (bicyclic) bond motifs is 1. The Hall–Kier alpha value is -2.78. The van der Waals surface area contributed by atoms with E-state index in [1.54, 1.807) is 12.3 Å². The van der Waals surface area contributed by atoms with Crippen LogP contribution in [0.5, 0.6) is 0 Å². The minimum Gasteiger partial charge on any atom is -0.330 e. The van der Waals surface area contributed by atoms with Crippen LogP contribution in [0.2, 0.25) is 0 Å². The first kappa shape index (κ1) is 18.0. The van der Waals surface area contributed by atoms with Gasteiger partial charge in [-0.05, 0) is 45.4 Å². The SMILES string of the molecule is Cc1nn(CCCCCCN)c(C)c1-c1cnc2cccc(C#N)c2n1. The minimum absolute atomic E-state index is 0.541. The number of hydrogen-bond acceptors (Lipinski definition) is 5. The lowest BCUT2D eigenvalue weighted by Crippen LogP contribution is -2.03. The summed E-state index contributed by atoms with van der Waals surface area (Å²) in [5, 5.41) is 14.0. The van der Waals surface area contributed by atoms with Crippen molar-refractivity contribution in [2.45, 2.75) is 46.1 Å². The van der Waals surface area contributed by atoms with Gasteiger partial charge in [-0.15, -0.1) is 0 Å². The van der Waals surface area contributed by atoms with Gasteiger partial charge in [0.1, 0.15) is 11.6 Å². The van der Waals surface area contributed by atoms with Gasteiger partial charge in [0.2, 0.25) is 0 Å². The Morgan fingerprint density at radius 3 is 2.73 bits per heavy atom. The molecule has 0 aliphatic rings. The van der Waals surface area contributed by atoms with E-state index in [-0.39, 0.29) is 0 Å². The molecular formula is C20H24N6. The highest BCUT2D eigenvalue weighted by Gasteiger charge is 2.16. The van der Waals surface area contributed by atoms with Crippen LogP contribution in [-0.2, 0) is 6.54 Å². The zero-order valence-electron chi connectivity index (χ0n) is 15.4. The maximum atomic E-state index is 9.33. The summed E-state index contributed by atoms with van der Waals surface area (Å²) in [6.45, 7) is 5.71. The van der Waals surface area contributed by atoms with Crippen LogP contribution < -0.4 is 5.73 Å². The second-order valence-electron chi connectivity index (χ2n) is 6.51. The van der Waals surface area contributed by atoms with Gasteiger partial charge in [0, 0.05) is 17.8 Å². The van der Waals surface area contributed by atoms with Gasteiger partial charge in [-0.2, -0.15) is 10.4 Å². The number of nitrogens with zero attached hydrogens (tertiary/aromatic N) is 5. The molecule has 0 saturated heterocycles. The summed E-state index contributed by atoms with van der Waals surface area (Å²) in [7, 11) is 0. The molecule has 0 saturated carbocycles. The first-order valence-corrected chi connectivity index (χ1v) is 9.06. The molecule has 26 heavy (non-hydrogen) atoms. The summed E-state index contributed by atoms with van der Waals surface area (Å²) < 4.78 is 2.05. The van der Waals surface area contributed by atoms with E-state index in [1.807, 2.05) is 19.1 Å². The Balaban J connectivity index is 1.90. The van der Waals surface area contributed by atoms with E-state index in [9.17, 15) is 5.26 Å². The maximum Gasteiger partial charge on any atom is 0.107 e. The van der Waals surface area contributed by atoms with Gasteiger partial charge < -0.3 is 5.73 Å². The summed E-state index contributed by atoms with van der Waals surface area (Å²) in [5.74, 6) is 0. The van der Waals surface area contributed by atoms with Crippen LogP contribution in [0.4, 0.5) is 0 Å². The molecule has 0 amide bonds. The Kier molecular flexibility index (Phi) is 5.59. The highest BCUT2D eigenvalue weighted by Crippen LogP contribution is 2.27. The third-order valence-electron chi connectivity index (χ3n) is 4.66. The topological polar surface area (TPSA) is 93.4 Å². The number of hydrogen-bond donors (Lipinski definition) is 1. The second-order valence-corrected chi connectivity index (χ2v) is 6.51. The number of nitriles is 1. The molecular weight excluding hydrogens is 324 g/mol. The number of benzene rings is 1. The molecule has 0 unspecified atom stereocenters. The molecule has 0 radical (unpaired) electrons. The molecule has 0 spiro atoms. The van der Waals surface area contributed by atoms with Crippen molar-refractivity contribution in [2.24, 2.45) is 5.73 Å². The number of aromatic nitrogens is 4. The van der Waals surface area contributed by atoms with Crippen LogP contribution in [0.3, 0.4) is 0 Å². The van der Waals surface area contributed by atoms with Crippen molar-refractivity contribution in [1.82, 2.24) is 19.7 Å². The van der Waals surface area contributed by atoms with E-state index in [4.69, 9.17) is 10.7 Å². The monoisotopic (exact) mass is 348 g/mol. The van der Waals surface area contributed by atoms with E-state index in [2.05, 4.69) is 27.8 Å². The van der Waals surface area contributed by atoms with Crippen LogP contribution in [0.15, 0.2) is 24.4 Å². The fourth-order valence-corrected chi connectivity index (χ4v) is 3.29. The van der Waals surface area contributed by atoms with Gasteiger partial charge in [0.25, 0.3) is 0 Å². The Morgan fingerprint density at radius 2 is 1.96 bits per heavy atom. The van der Waals surface area contributed by atoms with E-state index in [0.29, 0.717) is 11.1 Å². The number of unbranched alkanes of at least 4 members (excludes halogenated alkanes) is 3. The smallest absolute Gasteiger partial charge is 0.107 e. The third-order valence-corrected chi connectivity index (χ3v) is 4.66. The Morgan fingerprint density at radius 1 is 1.15 bits per heavy atom. The molecule has 134 valence electrons. The van der Waals surface area contributed by atoms with E-state index < -0.39 is 0 Å². The predicted molar refractivity (Wildman–Crippen MR) is 102 cm³/mol. The molecule has 0 atom stereocenters. The normalized spacial score (nSPS) is 11.0. The van der Waals surface area contributed by atoms with Gasteiger partial charge in [0.05, 0.1) is 28.7 Å². The molecule has 6 heteroatoms. The third kappa shape index (κ3) is 3.58. The largest absolute Gasteiger partial charge is 0.330 e. The molecule has 3 aromatic rings. The number of aryl methyl sites for hydroxylation is 2. The van der Waals surface area contributed by atoms with Gasteiger partial charge in [-0.1, -0.05) is 18.9 Å². The van der Waals surface area contributed by atoms with Crippen LogP contribution in [0.1, 0.15) is 42.6 Å². The lowest BCUT2D eigenvalue weighted by molar-refractivity contribution is 0.526. The highest BCUT2D eigenvalue weighted by atomic mass is 15.3. The van der Waals surface area contributed by atoms with Crippen molar-refractivity contribution < 1.29 is 0 Å². The summed E-state index contributed by atoms with van der Waals surface area (Å²) >= 11 is 0. The van der Waals surface area contributed by atoms with Gasteiger partial charge in [0.15, 0.2) is 0 Å². The fourth-order valence-electron chi connectivity index (χ4n) is 3.29. The molecule has 3 rings (SSSR count). The minimum atomic E-state index is 0.541. The molecule has 0 bridgehead atoms. The molecule has 2 N–H and O–H groups in total. The zero-order valence-corrected chi connectivity index (χ0v) is 15.4. The predicted octanol–water partition coefficient (Wildman–Crippen LogP) is 3.50. The fraction of sp³-hybridized carbons (Fsp3) is 0.400. The first-order chi connectivity index (χ1) is 12.7. The summed E-state index contributed by atoms with van der Waals surface area (Å²) in [5.41, 5.74) is 11.3. The van der Waals surface area contributed by atoms with E-state index in [0.717, 1.165) is 66.9 Å². The van der Waals surface area contributed by atoms with Crippen molar-refractivity contribution in [3.63, 3.8) is 0 Å². The number of rotatable bonds is 7. The van der Waals surface area contributed by atoms with Crippen molar-refractivity contribution >= 4 is 11.0 Å². The lowest BCUT2D eigenvalue weighted by atomic mass is 10.1. The van der Waals surface area contributed by atoms with Crippen molar-refractivity contribution in [3.8, 4) is 17.3 Å². The summed E-state index contributed by atoms with van der Waals surface area (Å²) in [6.07, 6.45) is 6.26. The quantitative estimate of drug-likeness (QED) is 0.660. The second kappa shape index (κ2) is 8.07. The maximum absolute atomic E-state index is 9.33. The summed E-state index contributed by atoms with van der Waals surface area (Å²) in [6, 6.07) is 7.66. The number of nitrogens with two attached hydrogens (primary N) is 1. The first-order valence-electron chi connectivity index (χ1n) is 9.06. The van der Waals surface area contributed by atoms with E-state index >= 15 is 0 Å². The van der Waals surface area contributed by atoms with Crippen molar-refractivity contribution in [3.05, 3.63) is 41.3 Å². The molecule has 1 aromatic carbocycles. The average molecular weight is 348 g/mol. The summed E-state index contributed by atoms with van der Waals surface area (Å²) in [4.78, 5) is 9.21. The van der Waals surface area contributed by atoms with Crippen LogP contribution in [0, 0.1) is 25.2 Å². The molecule has 6 nitrogen and oxygen atoms in total. The molecule has 2 aromatic heterocycles. The van der Waals surface area contributed by atoms with Crippen molar-refractivity contribution in [1.29, 1.82) is 5.26 Å².